The molecule has 1 heterocycles. The van der Waals surface area contributed by atoms with Crippen LogP contribution in [0.1, 0.15) is 5.56 Å². The van der Waals surface area contributed by atoms with Crippen molar-refractivity contribution in [3.8, 4) is 5.75 Å². The predicted octanol–water partition coefficient (Wildman–Crippen LogP) is 3.31. The van der Waals surface area contributed by atoms with Gasteiger partial charge in [-0.25, -0.2) is 4.98 Å². The van der Waals surface area contributed by atoms with E-state index < -0.39 is 0 Å². The number of nitrogens with zero attached hydrogens (tertiary/aromatic N) is 1. The summed E-state index contributed by atoms with van der Waals surface area (Å²) in [4.78, 5) is 19.5. The predicted molar refractivity (Wildman–Crippen MR) is 88.3 cm³/mol. The molecule has 6 heteroatoms. The van der Waals surface area contributed by atoms with Gasteiger partial charge in [0.25, 0.3) is 0 Å². The quantitative estimate of drug-likeness (QED) is 0.510. The number of para-hydroxylation sites is 2. The summed E-state index contributed by atoms with van der Waals surface area (Å²) < 4.78 is 0. The molecule has 0 aliphatic carbocycles. The summed E-state index contributed by atoms with van der Waals surface area (Å²) >= 11 is 1.32. The molecule has 3 rings (SSSR count). The zero-order valence-electron chi connectivity index (χ0n) is 12.0. The standard InChI is InChI=1S/C16H15N3O2S/c1-10-6-7-14(20)13(8-10)17-15(21)9-22-16-18-11-4-2-3-5-12(11)19-16/h2-8,20H,9H2,1H3,(H,17,21)(H,18,19). The number of imidazole rings is 1. The second-order valence-electron chi connectivity index (χ2n) is 4.92. The second-order valence-corrected chi connectivity index (χ2v) is 5.88. The van der Waals surface area contributed by atoms with Crippen LogP contribution in [0, 0.1) is 6.92 Å². The monoisotopic (exact) mass is 313 g/mol. The average Bonchev–Trinajstić information content (AvgIpc) is 2.92. The summed E-state index contributed by atoms with van der Waals surface area (Å²) in [5.41, 5.74) is 3.22. The summed E-state index contributed by atoms with van der Waals surface area (Å²) in [6.45, 7) is 1.90. The van der Waals surface area contributed by atoms with E-state index in [1.54, 1.807) is 18.2 Å². The number of carbonyl (C=O) groups is 1. The van der Waals surface area contributed by atoms with Gasteiger partial charge in [0.15, 0.2) is 5.16 Å². The molecule has 3 aromatic rings. The van der Waals surface area contributed by atoms with Gasteiger partial charge in [-0.2, -0.15) is 0 Å². The Morgan fingerprint density at radius 1 is 1.32 bits per heavy atom. The number of aromatic amines is 1. The number of hydrogen-bond donors (Lipinski definition) is 3. The maximum atomic E-state index is 12.0. The maximum absolute atomic E-state index is 12.0. The number of phenolic OH excluding ortho intramolecular Hbond substituents is 1. The molecule has 1 aromatic heterocycles. The zero-order valence-corrected chi connectivity index (χ0v) is 12.8. The molecule has 0 aliphatic rings. The van der Waals surface area contributed by atoms with Gasteiger partial charge in [-0.1, -0.05) is 30.0 Å². The van der Waals surface area contributed by atoms with Crippen molar-refractivity contribution in [1.29, 1.82) is 0 Å². The lowest BCUT2D eigenvalue weighted by molar-refractivity contribution is -0.113. The van der Waals surface area contributed by atoms with Crippen molar-refractivity contribution >= 4 is 34.4 Å². The minimum Gasteiger partial charge on any atom is -0.506 e. The van der Waals surface area contributed by atoms with E-state index in [4.69, 9.17) is 0 Å². The summed E-state index contributed by atoms with van der Waals surface area (Å²) in [7, 11) is 0. The first-order valence-electron chi connectivity index (χ1n) is 6.79. The molecule has 0 saturated carbocycles. The van der Waals surface area contributed by atoms with E-state index in [2.05, 4.69) is 15.3 Å². The number of H-pyrrole nitrogens is 1. The van der Waals surface area contributed by atoms with Crippen LogP contribution in [-0.4, -0.2) is 26.7 Å². The van der Waals surface area contributed by atoms with E-state index in [-0.39, 0.29) is 17.4 Å². The fourth-order valence-electron chi connectivity index (χ4n) is 2.07. The van der Waals surface area contributed by atoms with E-state index in [1.807, 2.05) is 31.2 Å². The number of carbonyl (C=O) groups excluding carboxylic acids is 1. The number of anilines is 1. The third-order valence-corrected chi connectivity index (χ3v) is 4.01. The van der Waals surface area contributed by atoms with Gasteiger partial charge in [-0.3, -0.25) is 4.79 Å². The highest BCUT2D eigenvalue weighted by Gasteiger charge is 2.09. The minimum absolute atomic E-state index is 0.0627. The number of aromatic hydroxyl groups is 1. The summed E-state index contributed by atoms with van der Waals surface area (Å²) in [5.74, 6) is 0.0896. The number of fused-ring (bicyclic) bond motifs is 1. The highest BCUT2D eigenvalue weighted by molar-refractivity contribution is 7.99. The van der Waals surface area contributed by atoms with Gasteiger partial charge < -0.3 is 15.4 Å². The number of thioether (sulfide) groups is 1. The lowest BCUT2D eigenvalue weighted by Gasteiger charge is -2.07. The Morgan fingerprint density at radius 2 is 2.14 bits per heavy atom. The molecule has 2 aromatic carbocycles. The highest BCUT2D eigenvalue weighted by Crippen LogP contribution is 2.25. The Balaban J connectivity index is 1.63. The number of nitrogens with one attached hydrogen (secondary N) is 2. The van der Waals surface area contributed by atoms with Gasteiger partial charge in [0.2, 0.25) is 5.91 Å². The Bertz CT molecular complexity index is 796. The maximum Gasteiger partial charge on any atom is 0.234 e. The summed E-state index contributed by atoms with van der Waals surface area (Å²) in [6.07, 6.45) is 0. The van der Waals surface area contributed by atoms with Gasteiger partial charge >= 0.3 is 0 Å². The molecular weight excluding hydrogens is 298 g/mol. The van der Waals surface area contributed by atoms with Crippen LogP contribution < -0.4 is 5.32 Å². The SMILES string of the molecule is Cc1ccc(O)c(NC(=O)CSc2nc3ccccc3[nH]2)c1. The fraction of sp³-hybridized carbons (Fsp3) is 0.125. The van der Waals surface area contributed by atoms with E-state index in [0.717, 1.165) is 16.6 Å². The van der Waals surface area contributed by atoms with Gasteiger partial charge in [-0.05, 0) is 36.8 Å². The molecule has 0 radical (unpaired) electrons. The largest absolute Gasteiger partial charge is 0.506 e. The third-order valence-electron chi connectivity index (χ3n) is 3.13. The van der Waals surface area contributed by atoms with Gasteiger partial charge in [0.05, 0.1) is 22.5 Å². The molecule has 22 heavy (non-hydrogen) atoms. The first-order chi connectivity index (χ1) is 10.6. The molecule has 0 unspecified atom stereocenters. The summed E-state index contributed by atoms with van der Waals surface area (Å²) in [6, 6.07) is 12.8. The minimum atomic E-state index is -0.189. The molecule has 0 fully saturated rings. The van der Waals surface area contributed by atoms with Crippen molar-refractivity contribution in [1.82, 2.24) is 9.97 Å². The number of phenols is 1. The number of hydrogen-bond acceptors (Lipinski definition) is 4. The van der Waals surface area contributed by atoms with Crippen LogP contribution in [0.25, 0.3) is 11.0 Å². The van der Waals surface area contributed by atoms with Crippen LogP contribution in [0.15, 0.2) is 47.6 Å². The Labute approximate surface area is 131 Å². The molecule has 1 amide bonds. The van der Waals surface area contributed by atoms with E-state index in [0.29, 0.717) is 10.8 Å². The molecule has 5 nitrogen and oxygen atoms in total. The van der Waals surface area contributed by atoms with Crippen LogP contribution in [0.3, 0.4) is 0 Å². The Hall–Kier alpha value is -2.47. The van der Waals surface area contributed by atoms with Crippen LogP contribution in [0.2, 0.25) is 0 Å². The van der Waals surface area contributed by atoms with Crippen molar-refractivity contribution in [2.75, 3.05) is 11.1 Å². The molecular formula is C16H15N3O2S. The van der Waals surface area contributed by atoms with Gasteiger partial charge in [0.1, 0.15) is 5.75 Å². The average molecular weight is 313 g/mol. The third kappa shape index (κ3) is 3.23. The van der Waals surface area contributed by atoms with Gasteiger partial charge in [-0.15, -0.1) is 0 Å². The fourth-order valence-corrected chi connectivity index (χ4v) is 2.75. The number of aryl methyl sites for hydroxylation is 1. The molecule has 0 saturated heterocycles. The van der Waals surface area contributed by atoms with Crippen LogP contribution in [-0.2, 0) is 4.79 Å². The normalized spacial score (nSPS) is 10.8. The van der Waals surface area contributed by atoms with E-state index in [1.165, 1.54) is 11.8 Å². The molecule has 0 spiro atoms. The lowest BCUT2D eigenvalue weighted by Crippen LogP contribution is -2.14. The van der Waals surface area contributed by atoms with Crippen LogP contribution >= 0.6 is 11.8 Å². The van der Waals surface area contributed by atoms with E-state index in [9.17, 15) is 9.90 Å². The molecule has 0 atom stereocenters. The van der Waals surface area contributed by atoms with Crippen molar-refractivity contribution in [3.05, 3.63) is 48.0 Å². The number of benzene rings is 2. The highest BCUT2D eigenvalue weighted by atomic mass is 32.2. The lowest BCUT2D eigenvalue weighted by atomic mass is 10.2. The zero-order chi connectivity index (χ0) is 15.5. The smallest absolute Gasteiger partial charge is 0.234 e. The van der Waals surface area contributed by atoms with Crippen molar-refractivity contribution < 1.29 is 9.90 Å². The first-order valence-corrected chi connectivity index (χ1v) is 7.77. The molecule has 0 bridgehead atoms. The molecule has 0 aliphatic heterocycles. The number of rotatable bonds is 4. The number of aromatic nitrogens is 2. The first kappa shape index (κ1) is 14.5. The second kappa shape index (κ2) is 6.11. The summed E-state index contributed by atoms with van der Waals surface area (Å²) in [5, 5.41) is 13.1. The topological polar surface area (TPSA) is 78.0 Å². The van der Waals surface area contributed by atoms with Crippen LogP contribution in [0.4, 0.5) is 5.69 Å². The van der Waals surface area contributed by atoms with Crippen molar-refractivity contribution in [2.24, 2.45) is 0 Å². The molecule has 112 valence electrons. The Kier molecular flexibility index (Phi) is 4.02. The van der Waals surface area contributed by atoms with Crippen LogP contribution in [0.5, 0.6) is 5.75 Å². The Morgan fingerprint density at radius 3 is 2.95 bits per heavy atom. The van der Waals surface area contributed by atoms with Crippen molar-refractivity contribution in [3.63, 3.8) is 0 Å². The van der Waals surface area contributed by atoms with E-state index >= 15 is 0 Å². The molecule has 3 N–H and O–H groups in total. The van der Waals surface area contributed by atoms with Crippen molar-refractivity contribution in [2.45, 2.75) is 12.1 Å². The van der Waals surface area contributed by atoms with Gasteiger partial charge in [0, 0.05) is 0 Å². The number of amides is 1.